The molecule has 1 aliphatic rings. The molecule has 0 aliphatic heterocycles. The third kappa shape index (κ3) is 8.49. The molecular formula is C24H37N3O5. The van der Waals surface area contributed by atoms with Crippen LogP contribution >= 0.6 is 0 Å². The van der Waals surface area contributed by atoms with Crippen molar-refractivity contribution in [2.75, 3.05) is 6.61 Å². The van der Waals surface area contributed by atoms with Gasteiger partial charge in [0.15, 0.2) is 6.10 Å². The molecule has 1 saturated carbocycles. The molecule has 1 aromatic rings. The second-order valence-corrected chi connectivity index (χ2v) is 8.83. The van der Waals surface area contributed by atoms with E-state index in [9.17, 15) is 19.5 Å². The van der Waals surface area contributed by atoms with Gasteiger partial charge in [0.05, 0.1) is 18.7 Å². The monoisotopic (exact) mass is 447 g/mol. The smallest absolute Gasteiger partial charge is 0.405 e. The van der Waals surface area contributed by atoms with E-state index in [1.807, 2.05) is 37.3 Å². The Kier molecular flexibility index (Phi) is 10.5. The number of nitrogens with one attached hydrogen (secondary N) is 2. The number of carbonyl (C=O) groups excluding carboxylic acids is 3. The van der Waals surface area contributed by atoms with Crippen LogP contribution in [0.25, 0.3) is 0 Å². The van der Waals surface area contributed by atoms with Gasteiger partial charge in [-0.25, -0.2) is 4.79 Å². The summed E-state index contributed by atoms with van der Waals surface area (Å²) in [4.78, 5) is 36.7. The predicted octanol–water partition coefficient (Wildman–Crippen LogP) is 2.80. The van der Waals surface area contributed by atoms with Gasteiger partial charge in [0.2, 0.25) is 5.91 Å². The van der Waals surface area contributed by atoms with Crippen LogP contribution in [0.5, 0.6) is 0 Å². The number of primary amides is 1. The fraction of sp³-hybridized carbons (Fsp3) is 0.625. The van der Waals surface area contributed by atoms with Gasteiger partial charge in [-0.3, -0.25) is 9.59 Å². The molecule has 0 saturated heterocycles. The average Bonchev–Trinajstić information content (AvgIpc) is 2.78. The third-order valence-corrected chi connectivity index (χ3v) is 6.13. The number of aliphatic hydroxyl groups is 1. The largest absolute Gasteiger partial charge is 0.436 e. The molecule has 8 heteroatoms. The average molecular weight is 448 g/mol. The van der Waals surface area contributed by atoms with Crippen molar-refractivity contribution < 1.29 is 24.2 Å². The highest BCUT2D eigenvalue weighted by atomic mass is 16.6. The lowest BCUT2D eigenvalue weighted by Crippen LogP contribution is -2.47. The molecule has 2 unspecified atom stereocenters. The van der Waals surface area contributed by atoms with E-state index in [0.717, 1.165) is 31.2 Å². The molecule has 1 aromatic carbocycles. The van der Waals surface area contributed by atoms with E-state index in [4.69, 9.17) is 10.5 Å². The zero-order valence-corrected chi connectivity index (χ0v) is 19.1. The van der Waals surface area contributed by atoms with Crippen molar-refractivity contribution in [2.45, 2.75) is 77.0 Å². The third-order valence-electron chi connectivity index (χ3n) is 6.13. The molecule has 178 valence electrons. The van der Waals surface area contributed by atoms with E-state index in [1.54, 1.807) is 6.92 Å². The fourth-order valence-corrected chi connectivity index (χ4v) is 4.26. The number of amides is 3. The van der Waals surface area contributed by atoms with Crippen LogP contribution in [0.15, 0.2) is 30.3 Å². The lowest BCUT2D eigenvalue weighted by Gasteiger charge is -2.27. The molecule has 1 fully saturated rings. The lowest BCUT2D eigenvalue weighted by molar-refractivity contribution is -0.132. The Morgan fingerprint density at radius 3 is 2.31 bits per heavy atom. The van der Waals surface area contributed by atoms with Crippen LogP contribution in [0.3, 0.4) is 0 Å². The minimum Gasteiger partial charge on any atom is -0.436 e. The highest BCUT2D eigenvalue weighted by Crippen LogP contribution is 2.28. The summed E-state index contributed by atoms with van der Waals surface area (Å²) in [7, 11) is 0. The first-order valence-corrected chi connectivity index (χ1v) is 11.5. The number of aliphatic hydroxyl groups excluding tert-OH is 1. The van der Waals surface area contributed by atoms with Crippen LogP contribution in [0, 0.1) is 11.8 Å². The van der Waals surface area contributed by atoms with Gasteiger partial charge in [0, 0.05) is 5.92 Å². The molecule has 1 aliphatic carbocycles. The maximum atomic E-state index is 12.8. The maximum absolute atomic E-state index is 12.8. The minimum absolute atomic E-state index is 0.155. The lowest BCUT2D eigenvalue weighted by atomic mass is 9.85. The molecular weight excluding hydrogens is 410 g/mol. The first-order chi connectivity index (χ1) is 15.3. The van der Waals surface area contributed by atoms with Crippen LogP contribution in [0.2, 0.25) is 0 Å². The van der Waals surface area contributed by atoms with Crippen molar-refractivity contribution in [3.05, 3.63) is 35.9 Å². The molecule has 32 heavy (non-hydrogen) atoms. The molecule has 5 N–H and O–H groups in total. The van der Waals surface area contributed by atoms with Gasteiger partial charge in [-0.15, -0.1) is 0 Å². The zero-order valence-electron chi connectivity index (χ0n) is 19.1. The SMILES string of the molecule is CC(C[C@@H](CO)NC(=O)[C@H](CC1CCCCC1)OC(N)=O)C(=O)NC(C)c1ccccc1. The second-order valence-electron chi connectivity index (χ2n) is 8.83. The highest BCUT2D eigenvalue weighted by Gasteiger charge is 2.29. The summed E-state index contributed by atoms with van der Waals surface area (Å²) in [6, 6.07) is 8.83. The quantitative estimate of drug-likeness (QED) is 0.414. The van der Waals surface area contributed by atoms with Crippen LogP contribution in [0.4, 0.5) is 4.79 Å². The van der Waals surface area contributed by atoms with Crippen molar-refractivity contribution >= 4 is 17.9 Å². The van der Waals surface area contributed by atoms with Gasteiger partial charge in [-0.2, -0.15) is 0 Å². The summed E-state index contributed by atoms with van der Waals surface area (Å²) in [6.07, 6.45) is 4.04. The van der Waals surface area contributed by atoms with E-state index in [0.29, 0.717) is 12.3 Å². The van der Waals surface area contributed by atoms with E-state index >= 15 is 0 Å². The zero-order chi connectivity index (χ0) is 23.5. The van der Waals surface area contributed by atoms with Crippen molar-refractivity contribution in [2.24, 2.45) is 17.6 Å². The fourth-order valence-electron chi connectivity index (χ4n) is 4.26. The van der Waals surface area contributed by atoms with Crippen molar-refractivity contribution in [3.8, 4) is 0 Å². The second kappa shape index (κ2) is 13.1. The van der Waals surface area contributed by atoms with Crippen LogP contribution in [-0.2, 0) is 14.3 Å². The Labute approximate surface area is 190 Å². The number of ether oxygens (including phenoxy) is 1. The van der Waals surface area contributed by atoms with Gasteiger partial charge in [-0.05, 0) is 31.2 Å². The Balaban J connectivity index is 1.90. The predicted molar refractivity (Wildman–Crippen MR) is 121 cm³/mol. The number of carbonyl (C=O) groups is 3. The number of nitrogens with two attached hydrogens (primary N) is 1. The number of hydrogen-bond donors (Lipinski definition) is 4. The van der Waals surface area contributed by atoms with Gasteiger partial charge >= 0.3 is 6.09 Å². The molecule has 0 aromatic heterocycles. The van der Waals surface area contributed by atoms with Crippen molar-refractivity contribution in [3.63, 3.8) is 0 Å². The number of rotatable bonds is 11. The molecule has 4 atom stereocenters. The molecule has 0 radical (unpaired) electrons. The Hall–Kier alpha value is -2.61. The Bertz CT molecular complexity index is 736. The van der Waals surface area contributed by atoms with Gasteiger partial charge < -0.3 is 26.2 Å². The minimum atomic E-state index is -0.996. The highest BCUT2D eigenvalue weighted by molar-refractivity contribution is 5.83. The molecule has 0 bridgehead atoms. The van der Waals surface area contributed by atoms with Crippen molar-refractivity contribution in [1.82, 2.24) is 10.6 Å². The van der Waals surface area contributed by atoms with Crippen molar-refractivity contribution in [1.29, 1.82) is 0 Å². The molecule has 8 nitrogen and oxygen atoms in total. The van der Waals surface area contributed by atoms with Crippen LogP contribution < -0.4 is 16.4 Å². The summed E-state index contributed by atoms with van der Waals surface area (Å²) >= 11 is 0. The Morgan fingerprint density at radius 1 is 1.06 bits per heavy atom. The number of benzene rings is 1. The van der Waals surface area contributed by atoms with E-state index in [-0.39, 0.29) is 25.0 Å². The molecule has 3 amide bonds. The maximum Gasteiger partial charge on any atom is 0.405 e. The number of hydrogen-bond acceptors (Lipinski definition) is 5. The normalized spacial score (nSPS) is 18.1. The standard InChI is InChI=1S/C24H37N3O5/c1-16(22(29)26-17(2)19-11-7-4-8-12-19)13-20(15-28)27-23(30)21(32-24(25)31)14-18-9-5-3-6-10-18/h4,7-8,11-12,16-18,20-21,28H,3,5-6,9-10,13-15H2,1-2H3,(H2,25,31)(H,26,29)(H,27,30)/t16?,17?,20-,21-/m0/s1. The molecule has 0 spiro atoms. The summed E-state index contributed by atoms with van der Waals surface area (Å²) in [6.45, 7) is 3.33. The molecule has 2 rings (SSSR count). The van der Waals surface area contributed by atoms with E-state index in [2.05, 4.69) is 10.6 Å². The van der Waals surface area contributed by atoms with E-state index < -0.39 is 30.1 Å². The summed E-state index contributed by atoms with van der Waals surface area (Å²) in [5.74, 6) is -0.789. The van der Waals surface area contributed by atoms with E-state index in [1.165, 1.54) is 6.42 Å². The summed E-state index contributed by atoms with van der Waals surface area (Å²) in [5, 5.41) is 15.5. The topological polar surface area (TPSA) is 131 Å². The van der Waals surface area contributed by atoms with Gasteiger partial charge in [0.1, 0.15) is 0 Å². The Morgan fingerprint density at radius 2 is 1.72 bits per heavy atom. The summed E-state index contributed by atoms with van der Waals surface area (Å²) < 4.78 is 5.08. The van der Waals surface area contributed by atoms with Crippen LogP contribution in [-0.4, -0.2) is 41.8 Å². The summed E-state index contributed by atoms with van der Waals surface area (Å²) in [5.41, 5.74) is 6.17. The van der Waals surface area contributed by atoms with Gasteiger partial charge in [-0.1, -0.05) is 69.4 Å². The molecule has 0 heterocycles. The van der Waals surface area contributed by atoms with Gasteiger partial charge in [0.25, 0.3) is 5.91 Å². The first kappa shape index (κ1) is 25.6. The van der Waals surface area contributed by atoms with Crippen LogP contribution in [0.1, 0.15) is 70.4 Å². The first-order valence-electron chi connectivity index (χ1n) is 11.5.